The number of halogens is 1. The number of aliphatic hydroxyl groups excluding tert-OH is 2. The van der Waals surface area contributed by atoms with Crippen molar-refractivity contribution in [1.82, 2.24) is 0 Å². The summed E-state index contributed by atoms with van der Waals surface area (Å²) in [5.74, 6) is 0.947. The molecule has 0 spiro atoms. The Morgan fingerprint density at radius 3 is 2.25 bits per heavy atom. The zero-order chi connectivity index (χ0) is 20.3. The largest absolute Gasteiger partial charge is 0.462 e. The fourth-order valence-corrected chi connectivity index (χ4v) is 3.05. The Morgan fingerprint density at radius 1 is 1.00 bits per heavy atom. The lowest BCUT2D eigenvalue weighted by Gasteiger charge is -2.40. The van der Waals surface area contributed by atoms with Crippen molar-refractivity contribution in [2.75, 3.05) is 0 Å². The van der Waals surface area contributed by atoms with Crippen molar-refractivity contribution < 1.29 is 29.2 Å². The minimum Gasteiger partial charge on any atom is -0.462 e. The lowest BCUT2D eigenvalue weighted by molar-refractivity contribution is -0.266. The van der Waals surface area contributed by atoms with E-state index in [1.807, 2.05) is 19.1 Å². The third-order valence-electron chi connectivity index (χ3n) is 4.30. The summed E-state index contributed by atoms with van der Waals surface area (Å²) in [6, 6.07) is 13.8. The highest BCUT2D eigenvalue weighted by molar-refractivity contribution is 7.79. The van der Waals surface area contributed by atoms with Crippen molar-refractivity contribution in [2.45, 2.75) is 44.6 Å². The Kier molecular flexibility index (Phi) is 6.74. The van der Waals surface area contributed by atoms with Gasteiger partial charge in [0.1, 0.15) is 17.6 Å². The molecular formula is C20H21ClO6S. The summed E-state index contributed by atoms with van der Waals surface area (Å²) >= 11 is 11.0. The van der Waals surface area contributed by atoms with Gasteiger partial charge in [-0.25, -0.2) is 0 Å². The third-order valence-corrected chi connectivity index (χ3v) is 4.73. The van der Waals surface area contributed by atoms with Crippen molar-refractivity contribution >= 4 is 29.1 Å². The molecule has 28 heavy (non-hydrogen) atoms. The molecule has 150 valence electrons. The van der Waals surface area contributed by atoms with Gasteiger partial charge < -0.3 is 29.2 Å². The van der Waals surface area contributed by atoms with Gasteiger partial charge in [0.2, 0.25) is 6.29 Å². The van der Waals surface area contributed by atoms with Crippen molar-refractivity contribution in [3.63, 3.8) is 0 Å². The fraction of sp³-hybridized carbons (Fsp3) is 0.350. The molecule has 1 heterocycles. The summed E-state index contributed by atoms with van der Waals surface area (Å²) < 4.78 is 22.2. The maximum atomic E-state index is 10.6. The first kappa shape index (κ1) is 20.8. The van der Waals surface area contributed by atoms with Crippen molar-refractivity contribution in [3.8, 4) is 11.5 Å². The first-order valence-corrected chi connectivity index (χ1v) is 9.51. The van der Waals surface area contributed by atoms with Gasteiger partial charge in [0, 0.05) is 17.2 Å². The average molecular weight is 425 g/mol. The minimum absolute atomic E-state index is 0.216. The number of hydrogen-bond donors (Lipinski definition) is 2. The van der Waals surface area contributed by atoms with Gasteiger partial charge in [0.05, 0.1) is 6.10 Å². The van der Waals surface area contributed by atoms with E-state index in [2.05, 4.69) is 0 Å². The van der Waals surface area contributed by atoms with Gasteiger partial charge in [-0.2, -0.15) is 0 Å². The molecule has 0 amide bonds. The normalized spacial score (nSPS) is 27.1. The molecule has 0 saturated carbocycles. The van der Waals surface area contributed by atoms with Gasteiger partial charge in [0.25, 0.3) is 0 Å². The molecule has 6 nitrogen and oxygen atoms in total. The summed E-state index contributed by atoms with van der Waals surface area (Å²) in [6.45, 7) is 3.60. The van der Waals surface area contributed by atoms with E-state index in [0.29, 0.717) is 16.5 Å². The fourth-order valence-electron chi connectivity index (χ4n) is 2.72. The first-order valence-electron chi connectivity index (χ1n) is 8.72. The maximum Gasteiger partial charge on any atom is 0.358 e. The molecule has 0 aliphatic carbocycles. The number of hydrogen-bond acceptors (Lipinski definition) is 7. The Hall–Kier alpha value is -1.90. The van der Waals surface area contributed by atoms with Crippen molar-refractivity contribution in [2.24, 2.45) is 0 Å². The lowest BCUT2D eigenvalue weighted by Crippen LogP contribution is -2.59. The van der Waals surface area contributed by atoms with Crippen molar-refractivity contribution in [1.29, 1.82) is 0 Å². The molecular weight excluding hydrogens is 404 g/mol. The Bertz CT molecular complexity index is 797. The molecule has 2 aromatic carbocycles. The van der Waals surface area contributed by atoms with E-state index >= 15 is 0 Å². The molecule has 0 unspecified atom stereocenters. The molecule has 0 radical (unpaired) electrons. The molecule has 0 aromatic heterocycles. The van der Waals surface area contributed by atoms with E-state index < -0.39 is 30.7 Å². The van der Waals surface area contributed by atoms with Gasteiger partial charge in [-0.1, -0.05) is 29.3 Å². The van der Waals surface area contributed by atoms with Gasteiger partial charge in [-0.15, -0.1) is 0 Å². The van der Waals surface area contributed by atoms with Gasteiger partial charge in [0.15, 0.2) is 12.2 Å². The van der Waals surface area contributed by atoms with Crippen molar-refractivity contribution in [3.05, 3.63) is 59.1 Å². The number of aryl methyl sites for hydroxylation is 1. The summed E-state index contributed by atoms with van der Waals surface area (Å²) in [6.07, 6.45) is -5.24. The quantitative estimate of drug-likeness (QED) is 0.729. The highest BCUT2D eigenvalue weighted by Gasteiger charge is 2.46. The van der Waals surface area contributed by atoms with E-state index in [0.717, 1.165) is 5.56 Å². The number of benzene rings is 2. The van der Waals surface area contributed by atoms with Crippen LogP contribution < -0.4 is 9.47 Å². The van der Waals surface area contributed by atoms with Gasteiger partial charge in [-0.05, 0) is 50.2 Å². The second kappa shape index (κ2) is 9.07. The minimum atomic E-state index is -1.30. The summed E-state index contributed by atoms with van der Waals surface area (Å²) in [4.78, 5) is 0. The zero-order valence-corrected chi connectivity index (χ0v) is 16.9. The number of thiocarbonyl (C=S) groups is 1. The van der Waals surface area contributed by atoms with E-state index in [9.17, 15) is 10.2 Å². The molecule has 1 saturated heterocycles. The molecule has 2 N–H and O–H groups in total. The van der Waals surface area contributed by atoms with Gasteiger partial charge >= 0.3 is 5.24 Å². The van der Waals surface area contributed by atoms with E-state index in [-0.39, 0.29) is 5.24 Å². The predicted octanol–water partition coefficient (Wildman–Crippen LogP) is 3.24. The summed E-state index contributed by atoms with van der Waals surface area (Å²) in [5, 5.41) is 21.3. The van der Waals surface area contributed by atoms with Crippen LogP contribution in [0.15, 0.2) is 48.5 Å². The van der Waals surface area contributed by atoms with Crippen LogP contribution >= 0.6 is 23.8 Å². The maximum absolute atomic E-state index is 10.6. The van der Waals surface area contributed by atoms with E-state index in [4.69, 9.17) is 42.8 Å². The number of ether oxygens (including phenoxy) is 4. The van der Waals surface area contributed by atoms with Crippen LogP contribution in [0.4, 0.5) is 0 Å². The van der Waals surface area contributed by atoms with Crippen LogP contribution in [0.25, 0.3) is 0 Å². The second-order valence-electron chi connectivity index (χ2n) is 6.51. The second-order valence-corrected chi connectivity index (χ2v) is 7.28. The Balaban J connectivity index is 1.66. The zero-order valence-electron chi connectivity index (χ0n) is 15.3. The highest BCUT2D eigenvalue weighted by atomic mass is 35.5. The molecule has 1 fully saturated rings. The summed E-state index contributed by atoms with van der Waals surface area (Å²) in [7, 11) is 0. The first-order chi connectivity index (χ1) is 13.3. The van der Waals surface area contributed by atoms with Gasteiger partial charge in [-0.3, -0.25) is 0 Å². The molecule has 1 aliphatic heterocycles. The van der Waals surface area contributed by atoms with Crippen LogP contribution in [0.2, 0.25) is 5.02 Å². The van der Waals surface area contributed by atoms with Crippen LogP contribution in [-0.4, -0.2) is 46.2 Å². The van der Waals surface area contributed by atoms with Crippen LogP contribution in [0.3, 0.4) is 0 Å². The molecule has 0 bridgehead atoms. The standard InChI is InChI=1S/C20H21ClO6S/c1-11-3-7-15(8-4-11)26-20(28)27-18-16(22)12(2)24-19(17(18)23)25-14-9-5-13(21)6-10-14/h3-10,12,16-19,22-23H,1-2H3/t12-,16-,17+,18+,19+/m0/s1. The Labute approximate surface area is 173 Å². The van der Waals surface area contributed by atoms with Crippen LogP contribution in [0.5, 0.6) is 11.5 Å². The summed E-state index contributed by atoms with van der Waals surface area (Å²) in [5.41, 5.74) is 1.07. The van der Waals surface area contributed by atoms with Crippen LogP contribution in [-0.2, 0) is 9.47 Å². The number of rotatable bonds is 4. The number of aliphatic hydroxyl groups is 2. The average Bonchev–Trinajstić information content (AvgIpc) is 2.67. The molecule has 2 aromatic rings. The predicted molar refractivity (Wildman–Crippen MR) is 108 cm³/mol. The van der Waals surface area contributed by atoms with E-state index in [1.165, 1.54) is 0 Å². The van der Waals surface area contributed by atoms with Crippen LogP contribution in [0.1, 0.15) is 12.5 Å². The van der Waals surface area contributed by atoms with Crippen LogP contribution in [0, 0.1) is 6.92 Å². The molecule has 5 atom stereocenters. The molecule has 8 heteroatoms. The highest BCUT2D eigenvalue weighted by Crippen LogP contribution is 2.27. The Morgan fingerprint density at radius 2 is 1.61 bits per heavy atom. The monoisotopic (exact) mass is 424 g/mol. The third kappa shape index (κ3) is 5.12. The molecule has 3 rings (SSSR count). The van der Waals surface area contributed by atoms with E-state index in [1.54, 1.807) is 43.3 Å². The molecule has 1 aliphatic rings. The lowest BCUT2D eigenvalue weighted by atomic mass is 10.00. The topological polar surface area (TPSA) is 77.4 Å². The smallest absolute Gasteiger partial charge is 0.358 e. The SMILES string of the molecule is Cc1ccc(OC(=S)O[C@@H]2[C@@H](O)[C@H](C)O[C@H](Oc3ccc(Cl)cc3)[C@@H]2O)cc1.